The number of hydrogen-bond donors (Lipinski definition) is 1. The summed E-state index contributed by atoms with van der Waals surface area (Å²) >= 11 is 0. The van der Waals surface area contributed by atoms with Crippen LogP contribution in [-0.2, 0) is 12.8 Å². The number of imidazole rings is 1. The fourth-order valence-corrected chi connectivity index (χ4v) is 3.89. The number of nitrogens with one attached hydrogen (secondary N) is 1. The van der Waals surface area contributed by atoms with E-state index in [0.717, 1.165) is 50.0 Å². The van der Waals surface area contributed by atoms with Gasteiger partial charge >= 0.3 is 0 Å². The molecule has 0 amide bonds. The molecule has 2 aromatic heterocycles. The number of carbonyl (C=O) groups is 1. The summed E-state index contributed by atoms with van der Waals surface area (Å²) in [6.45, 7) is 8.57. The monoisotopic (exact) mass is 445 g/mol. The molecule has 33 heavy (non-hydrogen) atoms. The first-order valence-corrected chi connectivity index (χ1v) is 11.9. The van der Waals surface area contributed by atoms with Crippen molar-refractivity contribution in [1.29, 1.82) is 0 Å². The Kier molecular flexibility index (Phi) is 8.99. The Balaban J connectivity index is 1.55. The van der Waals surface area contributed by atoms with Crippen LogP contribution in [0.3, 0.4) is 0 Å². The van der Waals surface area contributed by atoms with Crippen LogP contribution in [-0.4, -0.2) is 20.9 Å². The summed E-state index contributed by atoms with van der Waals surface area (Å²) in [4.78, 5) is 20.1. The van der Waals surface area contributed by atoms with Gasteiger partial charge in [-0.25, -0.2) is 4.98 Å². The molecule has 5 nitrogen and oxygen atoms in total. The van der Waals surface area contributed by atoms with Gasteiger partial charge in [-0.3, -0.25) is 4.79 Å². The van der Waals surface area contributed by atoms with E-state index in [9.17, 15) is 4.79 Å². The molecule has 0 unspecified atom stereocenters. The van der Waals surface area contributed by atoms with Crippen LogP contribution in [0.15, 0.2) is 52.9 Å². The zero-order valence-corrected chi connectivity index (χ0v) is 20.3. The van der Waals surface area contributed by atoms with Crippen molar-refractivity contribution in [2.24, 2.45) is 0 Å². The zero-order valence-electron chi connectivity index (χ0n) is 20.3. The van der Waals surface area contributed by atoms with Gasteiger partial charge in [0.2, 0.25) is 0 Å². The van der Waals surface area contributed by atoms with Crippen LogP contribution in [0.1, 0.15) is 85.9 Å². The van der Waals surface area contributed by atoms with Crippen LogP contribution in [0.4, 0.5) is 0 Å². The number of hydrogen-bond acceptors (Lipinski definition) is 4. The van der Waals surface area contributed by atoms with Crippen molar-refractivity contribution in [2.45, 2.75) is 72.6 Å². The summed E-state index contributed by atoms with van der Waals surface area (Å²) in [6.07, 6.45) is 16.3. The SMILES string of the molecule is CCc1cc(C)c(/C=C\C=C(C)C)cc1-c1cnc(CCCCCCC(=O)c2ccon2)[nH]1. The highest BCUT2D eigenvalue weighted by Crippen LogP contribution is 2.27. The van der Waals surface area contributed by atoms with Crippen molar-refractivity contribution in [3.63, 3.8) is 0 Å². The minimum absolute atomic E-state index is 0.0549. The lowest BCUT2D eigenvalue weighted by Crippen LogP contribution is -1.99. The molecule has 1 N–H and O–H groups in total. The molecule has 2 heterocycles. The summed E-state index contributed by atoms with van der Waals surface area (Å²) in [5.41, 5.74) is 7.87. The summed E-state index contributed by atoms with van der Waals surface area (Å²) in [7, 11) is 0. The lowest BCUT2D eigenvalue weighted by atomic mass is 9.95. The Morgan fingerprint density at radius 2 is 1.97 bits per heavy atom. The van der Waals surface area contributed by atoms with Crippen molar-refractivity contribution in [1.82, 2.24) is 15.1 Å². The molecule has 0 atom stereocenters. The molecule has 0 aliphatic heterocycles. The highest BCUT2D eigenvalue weighted by Gasteiger charge is 2.11. The number of aromatic amines is 1. The molecule has 0 saturated heterocycles. The van der Waals surface area contributed by atoms with Gasteiger partial charge in [-0.05, 0) is 62.8 Å². The van der Waals surface area contributed by atoms with E-state index in [0.29, 0.717) is 12.1 Å². The van der Waals surface area contributed by atoms with E-state index in [1.165, 1.54) is 34.1 Å². The number of aryl methyl sites for hydroxylation is 3. The third-order valence-electron chi connectivity index (χ3n) is 5.79. The molecule has 0 aliphatic carbocycles. The highest BCUT2D eigenvalue weighted by molar-refractivity contribution is 5.93. The molecule has 0 fully saturated rings. The standard InChI is InChI=1S/C28H35N3O2/c1-5-22-17-21(4)23(12-10-11-20(2)3)18-24(22)26-19-29-28(30-26)14-9-7-6-8-13-27(32)25-15-16-33-31-25/h10-12,15-19H,5-9,13-14H2,1-4H3,(H,29,30)/b12-10-. The largest absolute Gasteiger partial charge is 0.364 e. The summed E-state index contributed by atoms with van der Waals surface area (Å²) in [5.74, 6) is 1.08. The summed E-state index contributed by atoms with van der Waals surface area (Å²) < 4.78 is 4.73. The number of allylic oxidation sites excluding steroid dienone is 3. The Labute approximate surface area is 197 Å². The van der Waals surface area contributed by atoms with Gasteiger partial charge in [0.25, 0.3) is 0 Å². The van der Waals surface area contributed by atoms with Crippen LogP contribution >= 0.6 is 0 Å². The van der Waals surface area contributed by atoms with Gasteiger partial charge in [0, 0.05) is 24.5 Å². The smallest absolute Gasteiger partial charge is 0.184 e. The average Bonchev–Trinajstić information content (AvgIpc) is 3.49. The Hall–Kier alpha value is -3.21. The number of nitrogens with zero attached hydrogens (tertiary/aromatic N) is 2. The summed E-state index contributed by atoms with van der Waals surface area (Å²) in [5, 5.41) is 3.70. The lowest BCUT2D eigenvalue weighted by Gasteiger charge is -2.11. The average molecular weight is 446 g/mol. The fraction of sp³-hybridized carbons (Fsp3) is 0.393. The van der Waals surface area contributed by atoms with Crippen molar-refractivity contribution in [2.75, 3.05) is 0 Å². The zero-order chi connectivity index (χ0) is 23.6. The maximum atomic E-state index is 11.9. The van der Waals surface area contributed by atoms with E-state index < -0.39 is 0 Å². The number of rotatable bonds is 12. The maximum Gasteiger partial charge on any atom is 0.184 e. The number of benzene rings is 1. The maximum absolute atomic E-state index is 11.9. The van der Waals surface area contributed by atoms with Crippen LogP contribution < -0.4 is 0 Å². The van der Waals surface area contributed by atoms with Crippen LogP contribution in [0.2, 0.25) is 0 Å². The molecule has 174 valence electrons. The molecule has 5 heteroatoms. The van der Waals surface area contributed by atoms with Gasteiger partial charge < -0.3 is 9.51 Å². The first-order chi connectivity index (χ1) is 16.0. The molecule has 0 aliphatic rings. The number of carbonyl (C=O) groups excluding carboxylic acids is 1. The molecule has 0 bridgehead atoms. The summed E-state index contributed by atoms with van der Waals surface area (Å²) in [6, 6.07) is 6.18. The molecule has 3 aromatic rings. The van der Waals surface area contributed by atoms with Crippen LogP contribution in [0.25, 0.3) is 17.3 Å². The van der Waals surface area contributed by atoms with E-state index in [1.807, 2.05) is 6.20 Å². The van der Waals surface area contributed by atoms with Crippen molar-refractivity contribution in [3.8, 4) is 11.3 Å². The van der Waals surface area contributed by atoms with E-state index in [2.05, 4.69) is 73.2 Å². The molecule has 0 spiro atoms. The third-order valence-corrected chi connectivity index (χ3v) is 5.79. The van der Waals surface area contributed by atoms with E-state index in [1.54, 1.807) is 6.07 Å². The first-order valence-electron chi connectivity index (χ1n) is 11.9. The molecule has 0 saturated carbocycles. The van der Waals surface area contributed by atoms with Gasteiger partial charge in [-0.15, -0.1) is 0 Å². The van der Waals surface area contributed by atoms with Crippen molar-refractivity contribution < 1.29 is 9.32 Å². The molecular weight excluding hydrogens is 410 g/mol. The van der Waals surface area contributed by atoms with Gasteiger partial charge in [-0.1, -0.05) is 54.8 Å². The van der Waals surface area contributed by atoms with E-state index in [4.69, 9.17) is 4.52 Å². The van der Waals surface area contributed by atoms with E-state index >= 15 is 0 Å². The number of unbranched alkanes of at least 4 members (excludes halogenated alkanes) is 3. The predicted octanol–water partition coefficient (Wildman–Crippen LogP) is 7.29. The normalized spacial score (nSPS) is 11.3. The van der Waals surface area contributed by atoms with Gasteiger partial charge in [-0.2, -0.15) is 0 Å². The van der Waals surface area contributed by atoms with Crippen LogP contribution in [0.5, 0.6) is 0 Å². The fourth-order valence-electron chi connectivity index (χ4n) is 3.89. The van der Waals surface area contributed by atoms with Gasteiger partial charge in [0.05, 0.1) is 11.9 Å². The second kappa shape index (κ2) is 12.1. The second-order valence-electron chi connectivity index (χ2n) is 8.79. The Bertz CT molecular complexity index is 1100. The van der Waals surface area contributed by atoms with Crippen molar-refractivity contribution in [3.05, 3.63) is 76.6 Å². The minimum Gasteiger partial charge on any atom is -0.364 e. The first kappa shape index (κ1) is 24.4. The number of aromatic nitrogens is 3. The quantitative estimate of drug-likeness (QED) is 0.180. The van der Waals surface area contributed by atoms with Gasteiger partial charge in [0.15, 0.2) is 5.78 Å². The molecule has 1 aromatic carbocycles. The number of Topliss-reactive ketones (excluding diaryl/α,β-unsaturated/α-hetero) is 1. The van der Waals surface area contributed by atoms with Crippen molar-refractivity contribution >= 4 is 11.9 Å². The topological polar surface area (TPSA) is 71.8 Å². The second-order valence-corrected chi connectivity index (χ2v) is 8.79. The molecular formula is C28H35N3O2. The van der Waals surface area contributed by atoms with Crippen LogP contribution in [0, 0.1) is 6.92 Å². The molecule has 0 radical (unpaired) electrons. The minimum atomic E-state index is 0.0549. The molecule has 3 rings (SSSR count). The predicted molar refractivity (Wildman–Crippen MR) is 134 cm³/mol. The van der Waals surface area contributed by atoms with Gasteiger partial charge in [0.1, 0.15) is 17.8 Å². The number of H-pyrrole nitrogens is 1. The Morgan fingerprint density at radius 3 is 2.70 bits per heavy atom. The lowest BCUT2D eigenvalue weighted by molar-refractivity contribution is 0.0970. The third kappa shape index (κ3) is 7.14. The number of ketones is 1. The highest BCUT2D eigenvalue weighted by atomic mass is 16.5. The Morgan fingerprint density at radius 1 is 1.15 bits per heavy atom. The van der Waals surface area contributed by atoms with E-state index in [-0.39, 0.29) is 5.78 Å².